The summed E-state index contributed by atoms with van der Waals surface area (Å²) >= 11 is 0. The van der Waals surface area contributed by atoms with Gasteiger partial charge >= 0.3 is 5.97 Å². The van der Waals surface area contributed by atoms with Crippen molar-refractivity contribution in [2.24, 2.45) is 5.92 Å². The van der Waals surface area contributed by atoms with Crippen LogP contribution in [0.2, 0.25) is 0 Å². The number of hydrogen-bond acceptors (Lipinski definition) is 5. The van der Waals surface area contributed by atoms with Gasteiger partial charge in [-0.1, -0.05) is 13.0 Å². The second kappa shape index (κ2) is 7.58. The summed E-state index contributed by atoms with van der Waals surface area (Å²) in [5, 5.41) is 19.9. The maximum absolute atomic E-state index is 11.0. The molecule has 116 valence electrons. The number of nitrogens with zero attached hydrogens (tertiary/aromatic N) is 3. The third-order valence-corrected chi connectivity index (χ3v) is 3.14. The number of likely N-dealkylation sites (N-methyl/N-ethyl adjacent to an activating group) is 1. The summed E-state index contributed by atoms with van der Waals surface area (Å²) in [6, 6.07) is 6.28. The molecule has 0 aliphatic carbocycles. The maximum atomic E-state index is 11.0. The zero-order chi connectivity index (χ0) is 16.0. The maximum Gasteiger partial charge on any atom is 0.308 e. The number of carboxylic acid groups (broad SMARTS) is 1. The molecule has 21 heavy (non-hydrogen) atoms. The quantitative estimate of drug-likeness (QED) is 0.580. The first-order valence-electron chi connectivity index (χ1n) is 6.68. The molecule has 1 aromatic rings. The monoisotopic (exact) mass is 295 g/mol. The molecule has 1 N–H and O–H groups in total. The molecule has 7 nitrogen and oxygen atoms in total. The lowest BCUT2D eigenvalue weighted by Crippen LogP contribution is -2.36. The Kier molecular flexibility index (Phi) is 6.10. The molecule has 0 spiro atoms. The molecule has 7 heteroatoms. The summed E-state index contributed by atoms with van der Waals surface area (Å²) in [6.45, 7) is 3.27. The van der Waals surface area contributed by atoms with Crippen molar-refractivity contribution in [3.05, 3.63) is 34.4 Å². The van der Waals surface area contributed by atoms with Gasteiger partial charge in [0, 0.05) is 37.5 Å². The first kappa shape index (κ1) is 16.9. The highest BCUT2D eigenvalue weighted by Gasteiger charge is 2.18. The number of benzene rings is 1. The van der Waals surface area contributed by atoms with Crippen LogP contribution < -0.4 is 4.90 Å². The first-order valence-corrected chi connectivity index (χ1v) is 6.68. The Bertz CT molecular complexity index is 505. The minimum Gasteiger partial charge on any atom is -0.481 e. The number of non-ortho nitro benzene ring substituents is 1. The second-order valence-corrected chi connectivity index (χ2v) is 5.27. The van der Waals surface area contributed by atoms with Crippen molar-refractivity contribution >= 4 is 17.3 Å². The summed E-state index contributed by atoms with van der Waals surface area (Å²) in [6.07, 6.45) is 0. The smallest absolute Gasteiger partial charge is 0.308 e. The molecule has 0 aromatic heterocycles. The molecule has 0 saturated carbocycles. The van der Waals surface area contributed by atoms with Crippen LogP contribution in [-0.2, 0) is 4.79 Å². The molecule has 0 radical (unpaired) electrons. The van der Waals surface area contributed by atoms with Gasteiger partial charge in [0.05, 0.1) is 10.8 Å². The molecular formula is C14H21N3O4. The first-order chi connectivity index (χ1) is 9.81. The van der Waals surface area contributed by atoms with Crippen LogP contribution in [0.3, 0.4) is 0 Å². The van der Waals surface area contributed by atoms with Crippen LogP contribution in [0.5, 0.6) is 0 Å². The summed E-state index contributed by atoms with van der Waals surface area (Å²) in [5.41, 5.74) is 0.671. The van der Waals surface area contributed by atoms with E-state index in [1.54, 1.807) is 19.1 Å². The normalized spacial score (nSPS) is 12.2. The average molecular weight is 295 g/mol. The largest absolute Gasteiger partial charge is 0.481 e. The molecule has 0 bridgehead atoms. The lowest BCUT2D eigenvalue weighted by molar-refractivity contribution is -0.384. The van der Waals surface area contributed by atoms with E-state index in [9.17, 15) is 14.9 Å². The van der Waals surface area contributed by atoms with E-state index in [1.807, 2.05) is 23.9 Å². The van der Waals surface area contributed by atoms with E-state index in [0.717, 1.165) is 6.54 Å². The zero-order valence-electron chi connectivity index (χ0n) is 12.5. The van der Waals surface area contributed by atoms with E-state index in [0.29, 0.717) is 18.8 Å². The molecule has 0 saturated heterocycles. The number of rotatable bonds is 8. The Labute approximate surface area is 123 Å². The van der Waals surface area contributed by atoms with E-state index < -0.39 is 16.8 Å². The standard InChI is InChI=1S/C14H21N3O4/c1-11(14(18)19)10-16(8-7-15(2)3)12-5-4-6-13(9-12)17(20)21/h4-6,9,11H,7-8,10H2,1-3H3,(H,18,19). The van der Waals surface area contributed by atoms with Crippen LogP contribution in [0.15, 0.2) is 24.3 Å². The highest BCUT2D eigenvalue weighted by Crippen LogP contribution is 2.22. The fourth-order valence-electron chi connectivity index (χ4n) is 1.86. The Morgan fingerprint density at radius 2 is 2.05 bits per heavy atom. The number of nitro groups is 1. The summed E-state index contributed by atoms with van der Waals surface area (Å²) in [5.74, 6) is -1.43. The van der Waals surface area contributed by atoms with Gasteiger partial charge in [-0.15, -0.1) is 0 Å². The predicted molar refractivity (Wildman–Crippen MR) is 80.7 cm³/mol. The van der Waals surface area contributed by atoms with Gasteiger partial charge in [-0.2, -0.15) is 0 Å². The van der Waals surface area contributed by atoms with E-state index in [-0.39, 0.29) is 5.69 Å². The molecule has 1 rings (SSSR count). The predicted octanol–water partition coefficient (Wildman–Crippen LogP) is 1.68. The Morgan fingerprint density at radius 1 is 1.38 bits per heavy atom. The number of anilines is 1. The van der Waals surface area contributed by atoms with E-state index in [1.165, 1.54) is 12.1 Å². The summed E-state index contributed by atoms with van der Waals surface area (Å²) < 4.78 is 0. The van der Waals surface area contributed by atoms with Gasteiger partial charge in [-0.25, -0.2) is 0 Å². The molecule has 0 aliphatic heterocycles. The third-order valence-electron chi connectivity index (χ3n) is 3.14. The highest BCUT2D eigenvalue weighted by atomic mass is 16.6. The van der Waals surface area contributed by atoms with Gasteiger partial charge in [0.15, 0.2) is 0 Å². The van der Waals surface area contributed by atoms with E-state index in [4.69, 9.17) is 5.11 Å². The molecule has 1 aromatic carbocycles. The van der Waals surface area contributed by atoms with Crippen molar-refractivity contribution in [1.82, 2.24) is 4.90 Å². The van der Waals surface area contributed by atoms with Crippen molar-refractivity contribution in [1.29, 1.82) is 0 Å². The Hall–Kier alpha value is -2.15. The Morgan fingerprint density at radius 3 is 2.57 bits per heavy atom. The summed E-state index contributed by atoms with van der Waals surface area (Å²) in [7, 11) is 3.85. The molecule has 1 unspecified atom stereocenters. The van der Waals surface area contributed by atoms with E-state index >= 15 is 0 Å². The van der Waals surface area contributed by atoms with Crippen LogP contribution >= 0.6 is 0 Å². The summed E-state index contributed by atoms with van der Waals surface area (Å²) in [4.78, 5) is 25.3. The Balaban J connectivity index is 2.96. The zero-order valence-corrected chi connectivity index (χ0v) is 12.5. The van der Waals surface area contributed by atoms with Gasteiger partial charge in [0.1, 0.15) is 0 Å². The van der Waals surface area contributed by atoms with Gasteiger partial charge in [-0.3, -0.25) is 14.9 Å². The number of hydrogen-bond donors (Lipinski definition) is 1. The van der Waals surface area contributed by atoms with Crippen LogP contribution in [0.4, 0.5) is 11.4 Å². The van der Waals surface area contributed by atoms with Crippen LogP contribution in [0.1, 0.15) is 6.92 Å². The molecule has 0 fully saturated rings. The average Bonchev–Trinajstić information content (AvgIpc) is 2.42. The molecule has 0 heterocycles. The molecule has 1 atom stereocenters. The van der Waals surface area contributed by atoms with Crippen LogP contribution in [0.25, 0.3) is 0 Å². The van der Waals surface area contributed by atoms with Gasteiger partial charge < -0.3 is 14.9 Å². The number of carbonyl (C=O) groups is 1. The number of aliphatic carboxylic acids is 1. The fraction of sp³-hybridized carbons (Fsp3) is 0.500. The SMILES string of the molecule is CC(CN(CCN(C)C)c1cccc([N+](=O)[O-])c1)C(=O)O. The number of carboxylic acids is 1. The van der Waals surface area contributed by atoms with Crippen molar-refractivity contribution in [3.8, 4) is 0 Å². The van der Waals surface area contributed by atoms with Gasteiger partial charge in [0.25, 0.3) is 5.69 Å². The van der Waals surface area contributed by atoms with Gasteiger partial charge in [-0.05, 0) is 20.2 Å². The fourth-order valence-corrected chi connectivity index (χ4v) is 1.86. The minimum absolute atomic E-state index is 0.00494. The molecule has 0 aliphatic rings. The van der Waals surface area contributed by atoms with Crippen molar-refractivity contribution < 1.29 is 14.8 Å². The lowest BCUT2D eigenvalue weighted by atomic mass is 10.1. The van der Waals surface area contributed by atoms with Crippen LogP contribution in [-0.4, -0.2) is 54.6 Å². The second-order valence-electron chi connectivity index (χ2n) is 5.27. The van der Waals surface area contributed by atoms with Crippen molar-refractivity contribution in [2.75, 3.05) is 38.6 Å². The minimum atomic E-state index is -0.879. The van der Waals surface area contributed by atoms with Crippen LogP contribution in [0, 0.1) is 16.0 Å². The topological polar surface area (TPSA) is 86.9 Å². The molecule has 0 amide bonds. The van der Waals surface area contributed by atoms with Crippen molar-refractivity contribution in [3.63, 3.8) is 0 Å². The lowest BCUT2D eigenvalue weighted by Gasteiger charge is -2.27. The number of nitro benzene ring substituents is 1. The van der Waals surface area contributed by atoms with E-state index in [2.05, 4.69) is 0 Å². The van der Waals surface area contributed by atoms with Crippen molar-refractivity contribution in [2.45, 2.75) is 6.92 Å². The third kappa shape index (κ3) is 5.39. The van der Waals surface area contributed by atoms with Gasteiger partial charge in [0.2, 0.25) is 0 Å². The molecular weight excluding hydrogens is 274 g/mol. The highest BCUT2D eigenvalue weighted by molar-refractivity contribution is 5.70.